The van der Waals surface area contributed by atoms with Gasteiger partial charge in [-0.2, -0.15) is 0 Å². The van der Waals surface area contributed by atoms with Gasteiger partial charge in [-0.05, 0) is 20.3 Å². The fourth-order valence-corrected chi connectivity index (χ4v) is 1.02. The zero-order chi connectivity index (χ0) is 10.5. The number of ether oxygens (including phenoxy) is 1. The predicted octanol–water partition coefficient (Wildman–Crippen LogP) is 0.670. The molecule has 0 amide bonds. The van der Waals surface area contributed by atoms with Gasteiger partial charge >= 0.3 is 5.97 Å². The summed E-state index contributed by atoms with van der Waals surface area (Å²) >= 11 is 0. The highest BCUT2D eigenvalue weighted by Gasteiger charge is 2.36. The highest BCUT2D eigenvalue weighted by atomic mass is 16.5. The van der Waals surface area contributed by atoms with E-state index >= 15 is 0 Å². The Labute approximate surface area is 77.9 Å². The Balaban J connectivity index is 4.42. The van der Waals surface area contributed by atoms with Crippen molar-refractivity contribution in [2.24, 2.45) is 0 Å². The van der Waals surface area contributed by atoms with Crippen LogP contribution in [-0.4, -0.2) is 29.1 Å². The first kappa shape index (κ1) is 12.1. The highest BCUT2D eigenvalue weighted by molar-refractivity contribution is 5.87. The third-order valence-corrected chi connectivity index (χ3v) is 1.78. The van der Waals surface area contributed by atoms with Gasteiger partial charge in [0.15, 0.2) is 5.60 Å². The van der Waals surface area contributed by atoms with E-state index in [1.165, 1.54) is 6.92 Å². The first-order chi connectivity index (χ1) is 5.96. The van der Waals surface area contributed by atoms with Gasteiger partial charge in [0, 0.05) is 6.42 Å². The SMILES string of the molecule is CCOC(=O)C(O)(CC)CC(C)=O. The molecular weight excluding hydrogens is 172 g/mol. The summed E-state index contributed by atoms with van der Waals surface area (Å²) < 4.78 is 4.66. The summed E-state index contributed by atoms with van der Waals surface area (Å²) in [5.41, 5.74) is -1.64. The van der Waals surface area contributed by atoms with Gasteiger partial charge in [-0.3, -0.25) is 4.79 Å². The van der Waals surface area contributed by atoms with Crippen molar-refractivity contribution in [3.63, 3.8) is 0 Å². The second kappa shape index (κ2) is 4.97. The van der Waals surface area contributed by atoms with Crippen molar-refractivity contribution in [2.45, 2.75) is 39.2 Å². The number of carbonyl (C=O) groups excluding carboxylic acids is 2. The molecule has 4 nitrogen and oxygen atoms in total. The second-order valence-electron chi connectivity index (χ2n) is 2.98. The monoisotopic (exact) mass is 188 g/mol. The zero-order valence-corrected chi connectivity index (χ0v) is 8.29. The molecule has 0 saturated heterocycles. The third-order valence-electron chi connectivity index (χ3n) is 1.78. The molecule has 1 atom stereocenters. The van der Waals surface area contributed by atoms with Gasteiger partial charge in [0.25, 0.3) is 0 Å². The summed E-state index contributed by atoms with van der Waals surface area (Å²) in [4.78, 5) is 22.0. The second-order valence-corrected chi connectivity index (χ2v) is 2.98. The summed E-state index contributed by atoms with van der Waals surface area (Å²) in [5, 5.41) is 9.69. The van der Waals surface area contributed by atoms with Gasteiger partial charge in [-0.15, -0.1) is 0 Å². The molecular formula is C9H16O4. The fraction of sp³-hybridized carbons (Fsp3) is 0.778. The average molecular weight is 188 g/mol. The van der Waals surface area contributed by atoms with Crippen molar-refractivity contribution in [3.05, 3.63) is 0 Å². The Hall–Kier alpha value is -0.900. The molecule has 0 aliphatic heterocycles. The molecule has 0 aliphatic carbocycles. The molecule has 0 heterocycles. The van der Waals surface area contributed by atoms with Gasteiger partial charge in [0.2, 0.25) is 0 Å². The van der Waals surface area contributed by atoms with Gasteiger partial charge < -0.3 is 9.84 Å². The minimum absolute atomic E-state index is 0.178. The largest absolute Gasteiger partial charge is 0.464 e. The van der Waals surface area contributed by atoms with Crippen molar-refractivity contribution >= 4 is 11.8 Å². The first-order valence-corrected chi connectivity index (χ1v) is 4.35. The van der Waals surface area contributed by atoms with E-state index in [0.717, 1.165) is 0 Å². The molecule has 0 aromatic carbocycles. The standard InChI is InChI=1S/C9H16O4/c1-4-9(12,6-7(3)10)8(11)13-5-2/h12H,4-6H2,1-3H3. The van der Waals surface area contributed by atoms with Gasteiger partial charge in [0.1, 0.15) is 5.78 Å². The predicted molar refractivity (Wildman–Crippen MR) is 47.2 cm³/mol. The molecule has 0 bridgehead atoms. The van der Waals surface area contributed by atoms with Crippen LogP contribution in [0.5, 0.6) is 0 Å². The molecule has 0 saturated carbocycles. The molecule has 0 rings (SSSR count). The lowest BCUT2D eigenvalue weighted by Crippen LogP contribution is -2.41. The van der Waals surface area contributed by atoms with Crippen LogP contribution in [0, 0.1) is 0 Å². The van der Waals surface area contributed by atoms with Crippen molar-refractivity contribution in [1.82, 2.24) is 0 Å². The molecule has 4 heteroatoms. The molecule has 1 N–H and O–H groups in total. The smallest absolute Gasteiger partial charge is 0.338 e. The Morgan fingerprint density at radius 2 is 1.92 bits per heavy atom. The lowest BCUT2D eigenvalue weighted by Gasteiger charge is -2.22. The Morgan fingerprint density at radius 1 is 1.38 bits per heavy atom. The molecule has 0 aromatic rings. The van der Waals surface area contributed by atoms with E-state index in [1.54, 1.807) is 13.8 Å². The van der Waals surface area contributed by atoms with Crippen LogP contribution < -0.4 is 0 Å². The number of rotatable bonds is 5. The maximum atomic E-state index is 11.2. The molecule has 1 unspecified atom stereocenters. The van der Waals surface area contributed by atoms with Crippen LogP contribution in [0.1, 0.15) is 33.6 Å². The van der Waals surface area contributed by atoms with Crippen molar-refractivity contribution in [3.8, 4) is 0 Å². The summed E-state index contributed by atoms with van der Waals surface area (Å²) in [6, 6.07) is 0. The summed E-state index contributed by atoms with van der Waals surface area (Å²) in [6.45, 7) is 4.83. The van der Waals surface area contributed by atoms with E-state index in [2.05, 4.69) is 4.74 Å². The lowest BCUT2D eigenvalue weighted by molar-refractivity contribution is -0.167. The van der Waals surface area contributed by atoms with Crippen LogP contribution in [0.4, 0.5) is 0 Å². The van der Waals surface area contributed by atoms with Gasteiger partial charge in [0.05, 0.1) is 6.61 Å². The van der Waals surface area contributed by atoms with E-state index in [0.29, 0.717) is 0 Å². The number of ketones is 1. The van der Waals surface area contributed by atoms with E-state index in [9.17, 15) is 14.7 Å². The third kappa shape index (κ3) is 3.55. The zero-order valence-electron chi connectivity index (χ0n) is 8.29. The number of hydrogen-bond donors (Lipinski definition) is 1. The number of esters is 1. The molecule has 0 fully saturated rings. The Kier molecular flexibility index (Phi) is 4.62. The van der Waals surface area contributed by atoms with Crippen molar-refractivity contribution in [2.75, 3.05) is 6.61 Å². The maximum Gasteiger partial charge on any atom is 0.338 e. The average Bonchev–Trinajstić information content (AvgIpc) is 2.03. The summed E-state index contributed by atoms with van der Waals surface area (Å²) in [6.07, 6.45) is 0.00769. The minimum atomic E-state index is -1.64. The number of Topliss-reactive ketones (excluding diaryl/α,β-unsaturated/α-hetero) is 1. The lowest BCUT2D eigenvalue weighted by atomic mass is 9.95. The van der Waals surface area contributed by atoms with Crippen molar-refractivity contribution in [1.29, 1.82) is 0 Å². The molecule has 0 radical (unpaired) electrons. The molecule has 76 valence electrons. The number of carbonyl (C=O) groups is 2. The maximum absolute atomic E-state index is 11.2. The Morgan fingerprint density at radius 3 is 2.23 bits per heavy atom. The molecule has 13 heavy (non-hydrogen) atoms. The van der Waals surface area contributed by atoms with Crippen molar-refractivity contribution < 1.29 is 19.4 Å². The van der Waals surface area contributed by atoms with Crippen LogP contribution >= 0.6 is 0 Å². The van der Waals surface area contributed by atoms with E-state index in [4.69, 9.17) is 0 Å². The van der Waals surface area contributed by atoms with Crippen LogP contribution in [0.15, 0.2) is 0 Å². The van der Waals surface area contributed by atoms with E-state index in [1.807, 2.05) is 0 Å². The minimum Gasteiger partial charge on any atom is -0.464 e. The fourth-order valence-electron chi connectivity index (χ4n) is 1.02. The first-order valence-electron chi connectivity index (χ1n) is 4.35. The quantitative estimate of drug-likeness (QED) is 0.644. The van der Waals surface area contributed by atoms with E-state index in [-0.39, 0.29) is 25.2 Å². The molecule has 0 aromatic heterocycles. The number of aliphatic hydroxyl groups is 1. The highest BCUT2D eigenvalue weighted by Crippen LogP contribution is 2.17. The normalized spacial score (nSPS) is 14.8. The van der Waals surface area contributed by atoms with Crippen LogP contribution in [0.25, 0.3) is 0 Å². The van der Waals surface area contributed by atoms with Crippen LogP contribution in [0.2, 0.25) is 0 Å². The van der Waals surface area contributed by atoms with Crippen LogP contribution in [0.3, 0.4) is 0 Å². The van der Waals surface area contributed by atoms with Crippen LogP contribution in [-0.2, 0) is 14.3 Å². The van der Waals surface area contributed by atoms with Gasteiger partial charge in [-0.1, -0.05) is 6.92 Å². The molecule has 0 spiro atoms. The van der Waals surface area contributed by atoms with Gasteiger partial charge in [-0.25, -0.2) is 4.79 Å². The summed E-state index contributed by atoms with van der Waals surface area (Å²) in [7, 11) is 0. The molecule has 0 aliphatic rings. The summed E-state index contributed by atoms with van der Waals surface area (Å²) in [5.74, 6) is -0.940. The number of hydrogen-bond acceptors (Lipinski definition) is 4. The van der Waals surface area contributed by atoms with E-state index < -0.39 is 11.6 Å². The Bertz CT molecular complexity index is 200. The topological polar surface area (TPSA) is 63.6 Å².